The summed E-state index contributed by atoms with van der Waals surface area (Å²) in [5.41, 5.74) is 1.16. The van der Waals surface area contributed by atoms with Gasteiger partial charge < -0.3 is 5.32 Å². The molecule has 5 heteroatoms. The lowest BCUT2D eigenvalue weighted by Crippen LogP contribution is -2.32. The zero-order chi connectivity index (χ0) is 13.0. The van der Waals surface area contributed by atoms with Crippen LogP contribution in [0.5, 0.6) is 0 Å². The summed E-state index contributed by atoms with van der Waals surface area (Å²) >= 11 is 0. The first-order valence-corrected chi connectivity index (χ1v) is 7.91. The second-order valence-electron chi connectivity index (χ2n) is 4.63. The summed E-state index contributed by atoms with van der Waals surface area (Å²) in [6, 6.07) is 9.88. The average Bonchev–Trinajstić information content (AvgIpc) is 2.71. The van der Waals surface area contributed by atoms with Gasteiger partial charge in [0.25, 0.3) is 0 Å². The number of hydrogen-bond donors (Lipinski definition) is 1. The van der Waals surface area contributed by atoms with Gasteiger partial charge in [-0.15, -0.1) is 0 Å². The molecule has 1 amide bonds. The van der Waals surface area contributed by atoms with E-state index >= 15 is 0 Å². The summed E-state index contributed by atoms with van der Waals surface area (Å²) in [5.74, 6) is -0.341. The summed E-state index contributed by atoms with van der Waals surface area (Å²) in [6.45, 7) is 0.555. The molecule has 1 aromatic carbocycles. The Kier molecular flexibility index (Phi) is 4.01. The largest absolute Gasteiger partial charge is 0.356 e. The maximum atomic E-state index is 11.7. The van der Waals surface area contributed by atoms with Gasteiger partial charge >= 0.3 is 0 Å². The molecule has 0 aliphatic carbocycles. The van der Waals surface area contributed by atoms with E-state index in [1.54, 1.807) is 0 Å². The van der Waals surface area contributed by atoms with Crippen LogP contribution >= 0.6 is 0 Å². The van der Waals surface area contributed by atoms with Crippen LogP contribution in [-0.4, -0.2) is 32.4 Å². The van der Waals surface area contributed by atoms with Crippen LogP contribution in [0.25, 0.3) is 0 Å². The summed E-state index contributed by atoms with van der Waals surface area (Å²) in [4.78, 5) is 11.7. The third-order valence-electron chi connectivity index (χ3n) is 3.16. The van der Waals surface area contributed by atoms with Crippen molar-refractivity contribution in [2.45, 2.75) is 12.8 Å². The van der Waals surface area contributed by atoms with E-state index in [4.69, 9.17) is 0 Å². The fourth-order valence-electron chi connectivity index (χ4n) is 2.12. The van der Waals surface area contributed by atoms with E-state index in [-0.39, 0.29) is 23.3 Å². The first-order valence-electron chi connectivity index (χ1n) is 6.09. The standard InChI is InChI=1S/C13H17NO3S/c15-13(12-7-9-18(16,17)10-12)14-8-6-11-4-2-1-3-5-11/h1-5,12H,6-10H2,(H,14,15)/t12-/m1/s1. The number of sulfone groups is 1. The molecule has 1 atom stereocenters. The Morgan fingerprint density at radius 3 is 2.61 bits per heavy atom. The third-order valence-corrected chi connectivity index (χ3v) is 4.93. The van der Waals surface area contributed by atoms with Crippen molar-refractivity contribution in [1.29, 1.82) is 0 Å². The highest BCUT2D eigenvalue weighted by atomic mass is 32.2. The van der Waals surface area contributed by atoms with Crippen molar-refractivity contribution in [3.05, 3.63) is 35.9 Å². The number of carbonyl (C=O) groups is 1. The van der Waals surface area contributed by atoms with Crippen molar-refractivity contribution in [2.24, 2.45) is 5.92 Å². The van der Waals surface area contributed by atoms with Crippen molar-refractivity contribution in [1.82, 2.24) is 5.32 Å². The number of nitrogens with one attached hydrogen (secondary N) is 1. The second-order valence-corrected chi connectivity index (χ2v) is 6.86. The zero-order valence-electron chi connectivity index (χ0n) is 10.1. The first kappa shape index (κ1) is 13.1. The molecule has 1 fully saturated rings. The van der Waals surface area contributed by atoms with E-state index in [1.807, 2.05) is 30.3 Å². The van der Waals surface area contributed by atoms with Crippen molar-refractivity contribution in [3.8, 4) is 0 Å². The van der Waals surface area contributed by atoms with Crippen LogP contribution in [0, 0.1) is 5.92 Å². The molecule has 1 saturated heterocycles. The monoisotopic (exact) mass is 267 g/mol. The van der Waals surface area contributed by atoms with Gasteiger partial charge in [0.1, 0.15) is 0 Å². The van der Waals surface area contributed by atoms with Crippen LogP contribution in [0.3, 0.4) is 0 Å². The molecule has 1 aliphatic rings. The number of amides is 1. The Balaban J connectivity index is 1.76. The molecule has 98 valence electrons. The molecule has 0 spiro atoms. The molecule has 1 heterocycles. The van der Waals surface area contributed by atoms with Crippen LogP contribution in [0.2, 0.25) is 0 Å². The molecule has 4 nitrogen and oxygen atoms in total. The summed E-state index contributed by atoms with van der Waals surface area (Å²) in [5, 5.41) is 2.81. The van der Waals surface area contributed by atoms with Gasteiger partial charge in [0.2, 0.25) is 5.91 Å². The van der Waals surface area contributed by atoms with Gasteiger partial charge in [-0.2, -0.15) is 0 Å². The van der Waals surface area contributed by atoms with Crippen molar-refractivity contribution < 1.29 is 13.2 Å². The van der Waals surface area contributed by atoms with E-state index in [0.717, 1.165) is 12.0 Å². The molecular weight excluding hydrogens is 250 g/mol. The van der Waals surface area contributed by atoms with E-state index < -0.39 is 9.84 Å². The summed E-state index contributed by atoms with van der Waals surface area (Å²) in [6.07, 6.45) is 1.23. The molecular formula is C13H17NO3S. The van der Waals surface area contributed by atoms with Crippen LogP contribution in [0.4, 0.5) is 0 Å². The predicted octanol–water partition coefficient (Wildman–Crippen LogP) is 0.780. The molecule has 1 N–H and O–H groups in total. The van der Waals surface area contributed by atoms with E-state index in [0.29, 0.717) is 13.0 Å². The molecule has 0 aromatic heterocycles. The highest BCUT2D eigenvalue weighted by molar-refractivity contribution is 7.91. The van der Waals surface area contributed by atoms with Gasteiger partial charge in [-0.1, -0.05) is 30.3 Å². The fraction of sp³-hybridized carbons (Fsp3) is 0.462. The maximum Gasteiger partial charge on any atom is 0.224 e. The lowest BCUT2D eigenvalue weighted by molar-refractivity contribution is -0.124. The molecule has 0 saturated carbocycles. The Labute approximate surface area is 107 Å². The summed E-state index contributed by atoms with van der Waals surface area (Å²) in [7, 11) is -2.98. The Morgan fingerprint density at radius 2 is 2.00 bits per heavy atom. The van der Waals surface area contributed by atoms with Crippen LogP contribution in [-0.2, 0) is 21.1 Å². The number of carbonyl (C=O) groups excluding carboxylic acids is 1. The van der Waals surface area contributed by atoms with Gasteiger partial charge in [0.15, 0.2) is 9.84 Å². The Morgan fingerprint density at radius 1 is 1.28 bits per heavy atom. The maximum absolute atomic E-state index is 11.7. The van der Waals surface area contributed by atoms with E-state index in [9.17, 15) is 13.2 Å². The van der Waals surface area contributed by atoms with Gasteiger partial charge in [0, 0.05) is 6.54 Å². The molecule has 2 rings (SSSR count). The van der Waals surface area contributed by atoms with Crippen LogP contribution < -0.4 is 5.32 Å². The predicted molar refractivity (Wildman–Crippen MR) is 69.9 cm³/mol. The van der Waals surface area contributed by atoms with Gasteiger partial charge in [-0.3, -0.25) is 4.79 Å². The topological polar surface area (TPSA) is 63.2 Å². The van der Waals surface area contributed by atoms with E-state index in [2.05, 4.69) is 5.32 Å². The van der Waals surface area contributed by atoms with Crippen LogP contribution in [0.15, 0.2) is 30.3 Å². The van der Waals surface area contributed by atoms with Crippen molar-refractivity contribution >= 4 is 15.7 Å². The zero-order valence-corrected chi connectivity index (χ0v) is 10.9. The summed E-state index contributed by atoms with van der Waals surface area (Å²) < 4.78 is 22.5. The first-order chi connectivity index (χ1) is 8.57. The van der Waals surface area contributed by atoms with E-state index in [1.165, 1.54) is 0 Å². The average molecular weight is 267 g/mol. The number of hydrogen-bond acceptors (Lipinski definition) is 3. The molecule has 18 heavy (non-hydrogen) atoms. The highest BCUT2D eigenvalue weighted by Gasteiger charge is 2.32. The minimum Gasteiger partial charge on any atom is -0.356 e. The normalized spacial score (nSPS) is 21.7. The van der Waals surface area contributed by atoms with Crippen molar-refractivity contribution in [2.75, 3.05) is 18.1 Å². The Bertz CT molecular complexity index is 510. The minimum absolute atomic E-state index is 0.00414. The Hall–Kier alpha value is -1.36. The molecule has 0 bridgehead atoms. The smallest absolute Gasteiger partial charge is 0.224 e. The molecule has 1 aromatic rings. The van der Waals surface area contributed by atoms with Gasteiger partial charge in [-0.25, -0.2) is 8.42 Å². The lowest BCUT2D eigenvalue weighted by Gasteiger charge is -2.09. The number of benzene rings is 1. The van der Waals surface area contributed by atoms with Crippen molar-refractivity contribution in [3.63, 3.8) is 0 Å². The third kappa shape index (κ3) is 3.57. The molecule has 0 unspecified atom stereocenters. The minimum atomic E-state index is -2.98. The lowest BCUT2D eigenvalue weighted by atomic mass is 10.1. The quantitative estimate of drug-likeness (QED) is 0.877. The molecule has 1 aliphatic heterocycles. The number of rotatable bonds is 4. The molecule has 0 radical (unpaired) electrons. The highest BCUT2D eigenvalue weighted by Crippen LogP contribution is 2.18. The van der Waals surface area contributed by atoms with Gasteiger partial charge in [0.05, 0.1) is 17.4 Å². The van der Waals surface area contributed by atoms with Crippen LogP contribution in [0.1, 0.15) is 12.0 Å². The SMILES string of the molecule is O=C(NCCc1ccccc1)[C@@H]1CCS(=O)(=O)C1. The fourth-order valence-corrected chi connectivity index (χ4v) is 3.86. The van der Waals surface area contributed by atoms with Gasteiger partial charge in [-0.05, 0) is 18.4 Å². The second kappa shape index (κ2) is 5.52.